The summed E-state index contributed by atoms with van der Waals surface area (Å²) in [6.07, 6.45) is 0. The van der Waals surface area contributed by atoms with Crippen molar-refractivity contribution in [3.63, 3.8) is 0 Å². The highest BCUT2D eigenvalue weighted by molar-refractivity contribution is 4.66. The molecular weight excluding hydrogens is 140 g/mol. The average molecular weight is 158 g/mol. The van der Waals surface area contributed by atoms with E-state index in [0.717, 1.165) is 26.4 Å². The summed E-state index contributed by atoms with van der Waals surface area (Å²) in [5, 5.41) is 0. The molecule has 1 aliphatic heterocycles. The number of nitrogens with zero attached hydrogens (tertiary/aromatic N) is 2. The first kappa shape index (κ1) is 8.97. The van der Waals surface area contributed by atoms with Crippen LogP contribution in [0.4, 0.5) is 0 Å². The molecule has 1 fully saturated rings. The second-order valence-corrected chi connectivity index (χ2v) is 3.04. The van der Waals surface area contributed by atoms with Crippen molar-refractivity contribution in [1.29, 1.82) is 0 Å². The minimum absolute atomic E-state index is 0.810. The van der Waals surface area contributed by atoms with Crippen LogP contribution in [0.2, 0.25) is 0 Å². The molecule has 0 radical (unpaired) electrons. The van der Waals surface area contributed by atoms with E-state index in [4.69, 9.17) is 4.74 Å². The van der Waals surface area contributed by atoms with E-state index in [-0.39, 0.29) is 0 Å². The van der Waals surface area contributed by atoms with Crippen molar-refractivity contribution in [2.24, 2.45) is 0 Å². The minimum atomic E-state index is 0.810. The number of rotatable bonds is 3. The fraction of sp³-hybridized carbons (Fsp3) is 1.00. The molecule has 0 aliphatic carbocycles. The molecule has 11 heavy (non-hydrogen) atoms. The summed E-state index contributed by atoms with van der Waals surface area (Å²) in [6, 6.07) is 0. The van der Waals surface area contributed by atoms with Crippen molar-refractivity contribution >= 4 is 0 Å². The van der Waals surface area contributed by atoms with E-state index in [0.29, 0.717) is 0 Å². The average Bonchev–Trinajstić information content (AvgIpc) is 2.04. The van der Waals surface area contributed by atoms with Crippen molar-refractivity contribution < 1.29 is 4.74 Å². The molecule has 0 aromatic rings. The first-order chi connectivity index (χ1) is 5.33. The van der Waals surface area contributed by atoms with Crippen molar-refractivity contribution in [3.8, 4) is 0 Å². The zero-order valence-corrected chi connectivity index (χ0v) is 7.55. The molecule has 0 spiro atoms. The Balaban J connectivity index is 2.07. The normalized spacial score (nSPS) is 22.4. The maximum Gasteiger partial charge on any atom is 0.0990 e. The first-order valence-corrected chi connectivity index (χ1v) is 4.31. The Morgan fingerprint density at radius 3 is 2.36 bits per heavy atom. The van der Waals surface area contributed by atoms with Gasteiger partial charge in [-0.05, 0) is 14.0 Å². The molecule has 3 nitrogen and oxygen atoms in total. The molecule has 0 saturated carbocycles. The van der Waals surface area contributed by atoms with Gasteiger partial charge in [-0.1, -0.05) is 0 Å². The zero-order chi connectivity index (χ0) is 8.10. The van der Waals surface area contributed by atoms with E-state index in [1.54, 1.807) is 0 Å². The smallest absolute Gasteiger partial charge is 0.0990 e. The Hall–Kier alpha value is -0.120. The molecule has 3 heteroatoms. The van der Waals surface area contributed by atoms with Gasteiger partial charge in [0.2, 0.25) is 0 Å². The predicted octanol–water partition coefficient (Wildman–Crippen LogP) is 0.228. The van der Waals surface area contributed by atoms with E-state index in [1.165, 1.54) is 13.1 Å². The van der Waals surface area contributed by atoms with Gasteiger partial charge in [-0.25, -0.2) is 0 Å². The number of piperazine rings is 1. The molecule has 1 saturated heterocycles. The molecule has 0 aromatic carbocycles. The third kappa shape index (κ3) is 3.18. The lowest BCUT2D eigenvalue weighted by Gasteiger charge is -2.31. The van der Waals surface area contributed by atoms with Crippen LogP contribution in [0.15, 0.2) is 0 Å². The second-order valence-electron chi connectivity index (χ2n) is 3.04. The van der Waals surface area contributed by atoms with Crippen LogP contribution in [0.5, 0.6) is 0 Å². The number of likely N-dealkylation sites (N-methyl/N-ethyl adjacent to an activating group) is 1. The maximum absolute atomic E-state index is 5.32. The highest BCUT2D eigenvalue weighted by Crippen LogP contribution is 1.98. The molecule has 0 amide bonds. The molecule has 1 rings (SSSR count). The van der Waals surface area contributed by atoms with E-state index < -0.39 is 0 Å². The third-order valence-corrected chi connectivity index (χ3v) is 2.07. The van der Waals surface area contributed by atoms with E-state index >= 15 is 0 Å². The van der Waals surface area contributed by atoms with E-state index in [2.05, 4.69) is 16.8 Å². The van der Waals surface area contributed by atoms with E-state index in [1.807, 2.05) is 6.92 Å². The summed E-state index contributed by atoms with van der Waals surface area (Å²) < 4.78 is 5.32. The van der Waals surface area contributed by atoms with Crippen LogP contribution in [0.25, 0.3) is 0 Å². The summed E-state index contributed by atoms with van der Waals surface area (Å²) in [4.78, 5) is 4.70. The van der Waals surface area contributed by atoms with Crippen LogP contribution in [0.1, 0.15) is 6.92 Å². The first-order valence-electron chi connectivity index (χ1n) is 4.31. The summed E-state index contributed by atoms with van der Waals surface area (Å²) >= 11 is 0. The highest BCUT2D eigenvalue weighted by Gasteiger charge is 2.12. The quantitative estimate of drug-likeness (QED) is 0.584. The largest absolute Gasteiger partial charge is 0.366 e. The van der Waals surface area contributed by atoms with Gasteiger partial charge < -0.3 is 9.64 Å². The van der Waals surface area contributed by atoms with Crippen LogP contribution in [-0.2, 0) is 4.74 Å². The van der Waals surface area contributed by atoms with Gasteiger partial charge in [0.1, 0.15) is 0 Å². The molecule has 1 aliphatic rings. The Labute approximate surface area is 68.9 Å². The summed E-state index contributed by atoms with van der Waals surface area (Å²) in [7, 11) is 2.16. The van der Waals surface area contributed by atoms with Crippen LogP contribution in [0.3, 0.4) is 0 Å². The van der Waals surface area contributed by atoms with Gasteiger partial charge in [0.05, 0.1) is 6.73 Å². The number of ether oxygens (including phenoxy) is 1. The fourth-order valence-electron chi connectivity index (χ4n) is 1.20. The number of hydrogen-bond donors (Lipinski definition) is 0. The summed E-state index contributed by atoms with van der Waals surface area (Å²) in [6.45, 7) is 8.32. The van der Waals surface area contributed by atoms with Gasteiger partial charge in [0.25, 0.3) is 0 Å². The summed E-state index contributed by atoms with van der Waals surface area (Å²) in [5.74, 6) is 0. The minimum Gasteiger partial charge on any atom is -0.366 e. The molecule has 1 heterocycles. The Bertz CT molecular complexity index is 97.5. The molecular formula is C8H18N2O. The highest BCUT2D eigenvalue weighted by atomic mass is 16.5. The molecule has 0 bridgehead atoms. The molecule has 0 unspecified atom stereocenters. The zero-order valence-electron chi connectivity index (χ0n) is 7.55. The predicted molar refractivity (Wildman–Crippen MR) is 45.6 cm³/mol. The maximum atomic E-state index is 5.32. The topological polar surface area (TPSA) is 15.7 Å². The Morgan fingerprint density at radius 2 is 1.82 bits per heavy atom. The van der Waals surface area contributed by atoms with Crippen LogP contribution >= 0.6 is 0 Å². The van der Waals surface area contributed by atoms with Gasteiger partial charge in [0, 0.05) is 32.8 Å². The standard InChI is InChI=1S/C8H18N2O/c1-3-11-8-10-6-4-9(2)5-7-10/h3-8H2,1-2H3. The van der Waals surface area contributed by atoms with Gasteiger partial charge in [-0.2, -0.15) is 0 Å². The van der Waals surface area contributed by atoms with E-state index in [9.17, 15) is 0 Å². The third-order valence-electron chi connectivity index (χ3n) is 2.07. The molecule has 0 aromatic heterocycles. The number of hydrogen-bond acceptors (Lipinski definition) is 3. The van der Waals surface area contributed by atoms with Crippen molar-refractivity contribution in [2.45, 2.75) is 6.92 Å². The Kier molecular flexibility index (Phi) is 3.83. The molecule has 0 N–H and O–H groups in total. The lowest BCUT2D eigenvalue weighted by atomic mass is 10.3. The molecule has 66 valence electrons. The molecule has 0 atom stereocenters. The summed E-state index contributed by atoms with van der Waals surface area (Å²) in [5.41, 5.74) is 0. The van der Waals surface area contributed by atoms with Crippen LogP contribution in [-0.4, -0.2) is 56.4 Å². The van der Waals surface area contributed by atoms with Gasteiger partial charge in [-0.15, -0.1) is 0 Å². The Morgan fingerprint density at radius 1 is 1.18 bits per heavy atom. The van der Waals surface area contributed by atoms with Gasteiger partial charge in [-0.3, -0.25) is 4.90 Å². The van der Waals surface area contributed by atoms with Crippen LogP contribution < -0.4 is 0 Å². The van der Waals surface area contributed by atoms with Crippen molar-refractivity contribution in [1.82, 2.24) is 9.80 Å². The lowest BCUT2D eigenvalue weighted by molar-refractivity contribution is 0.0118. The van der Waals surface area contributed by atoms with Gasteiger partial charge >= 0.3 is 0 Å². The van der Waals surface area contributed by atoms with Crippen LogP contribution in [0, 0.1) is 0 Å². The van der Waals surface area contributed by atoms with Crippen molar-refractivity contribution in [2.75, 3.05) is 46.6 Å². The fourth-order valence-corrected chi connectivity index (χ4v) is 1.20. The lowest BCUT2D eigenvalue weighted by Crippen LogP contribution is -2.45. The second kappa shape index (κ2) is 4.70. The van der Waals surface area contributed by atoms with Gasteiger partial charge in [0.15, 0.2) is 0 Å². The monoisotopic (exact) mass is 158 g/mol. The SMILES string of the molecule is CCOCN1CCN(C)CC1. The van der Waals surface area contributed by atoms with Crippen molar-refractivity contribution in [3.05, 3.63) is 0 Å².